The molecule has 1 rings (SSSR count). The number of nitrogens with two attached hydrogens (primary N) is 2. The van der Waals surface area contributed by atoms with Crippen LogP contribution in [0.15, 0.2) is 18.2 Å². The second kappa shape index (κ2) is 4.28. The van der Waals surface area contributed by atoms with Crippen molar-refractivity contribution < 1.29 is 15.3 Å². The van der Waals surface area contributed by atoms with Crippen molar-refractivity contribution in [3.8, 4) is 5.75 Å². The van der Waals surface area contributed by atoms with Gasteiger partial charge in [0.1, 0.15) is 11.9 Å². The smallest absolute Gasteiger partial charge is 0.138 e. The van der Waals surface area contributed by atoms with Gasteiger partial charge in [-0.2, -0.15) is 0 Å². The van der Waals surface area contributed by atoms with Crippen LogP contribution in [0.3, 0.4) is 0 Å². The zero-order valence-electron chi connectivity index (χ0n) is 7.59. The van der Waals surface area contributed by atoms with Crippen molar-refractivity contribution in [1.29, 1.82) is 0 Å². The van der Waals surface area contributed by atoms with Gasteiger partial charge in [0.05, 0.1) is 11.8 Å². The van der Waals surface area contributed by atoms with Crippen LogP contribution in [0.5, 0.6) is 5.75 Å². The number of phenols is 1. The van der Waals surface area contributed by atoms with Crippen molar-refractivity contribution in [1.82, 2.24) is 0 Å². The Labute approximate surface area is 81.6 Å². The fourth-order valence-electron chi connectivity index (χ4n) is 1.10. The topological polar surface area (TPSA) is 113 Å². The Hall–Kier alpha value is -1.30. The molecule has 0 saturated heterocycles. The lowest BCUT2D eigenvalue weighted by molar-refractivity contribution is 0.0242. The fourth-order valence-corrected chi connectivity index (χ4v) is 1.10. The van der Waals surface area contributed by atoms with E-state index in [0.717, 1.165) is 0 Å². The van der Waals surface area contributed by atoms with Gasteiger partial charge >= 0.3 is 0 Å². The molecule has 0 aliphatic heterocycles. The highest BCUT2D eigenvalue weighted by molar-refractivity contribution is 5.53. The van der Waals surface area contributed by atoms with Gasteiger partial charge in [0.25, 0.3) is 0 Å². The first-order chi connectivity index (χ1) is 6.56. The number of hydrogen-bond donors (Lipinski definition) is 5. The molecule has 1 aromatic rings. The van der Waals surface area contributed by atoms with Gasteiger partial charge in [-0.15, -0.1) is 0 Å². The SMILES string of the molecule is NCC(O)C(O)c1ccc(N)c(O)c1. The van der Waals surface area contributed by atoms with Crippen molar-refractivity contribution >= 4 is 5.69 Å². The van der Waals surface area contributed by atoms with Crippen LogP contribution in [0.2, 0.25) is 0 Å². The zero-order valence-corrected chi connectivity index (χ0v) is 7.59. The molecular weight excluding hydrogens is 184 g/mol. The average Bonchev–Trinajstić information content (AvgIpc) is 2.20. The maximum Gasteiger partial charge on any atom is 0.138 e. The minimum Gasteiger partial charge on any atom is -0.506 e. The van der Waals surface area contributed by atoms with Gasteiger partial charge in [0.2, 0.25) is 0 Å². The summed E-state index contributed by atoms with van der Waals surface area (Å²) < 4.78 is 0. The molecule has 0 aromatic heterocycles. The standard InChI is InChI=1S/C9H14N2O3/c10-4-8(13)9(14)5-1-2-6(11)7(12)3-5/h1-3,8-9,12-14H,4,10-11H2. The molecule has 78 valence electrons. The molecule has 7 N–H and O–H groups in total. The largest absolute Gasteiger partial charge is 0.506 e. The molecule has 0 fully saturated rings. The van der Waals surface area contributed by atoms with E-state index in [1.165, 1.54) is 18.2 Å². The van der Waals surface area contributed by atoms with Crippen LogP contribution in [-0.2, 0) is 0 Å². The summed E-state index contributed by atoms with van der Waals surface area (Å²) in [6.45, 7) is -0.0493. The molecule has 5 nitrogen and oxygen atoms in total. The summed E-state index contributed by atoms with van der Waals surface area (Å²) in [4.78, 5) is 0. The second-order valence-corrected chi connectivity index (χ2v) is 3.07. The number of benzene rings is 1. The van der Waals surface area contributed by atoms with Gasteiger partial charge in [-0.25, -0.2) is 0 Å². The van der Waals surface area contributed by atoms with E-state index in [1.54, 1.807) is 0 Å². The molecule has 0 spiro atoms. The third-order valence-electron chi connectivity index (χ3n) is 2.00. The van der Waals surface area contributed by atoms with E-state index in [-0.39, 0.29) is 18.0 Å². The molecule has 0 bridgehead atoms. The molecule has 0 amide bonds. The predicted molar refractivity (Wildman–Crippen MR) is 52.5 cm³/mol. The first-order valence-electron chi connectivity index (χ1n) is 4.21. The van der Waals surface area contributed by atoms with Crippen molar-refractivity contribution in [2.24, 2.45) is 5.73 Å². The first-order valence-corrected chi connectivity index (χ1v) is 4.21. The van der Waals surface area contributed by atoms with Crippen LogP contribution >= 0.6 is 0 Å². The van der Waals surface area contributed by atoms with E-state index < -0.39 is 12.2 Å². The number of hydrogen-bond acceptors (Lipinski definition) is 5. The molecule has 0 aliphatic carbocycles. The van der Waals surface area contributed by atoms with Crippen LogP contribution in [0.1, 0.15) is 11.7 Å². The maximum absolute atomic E-state index is 9.52. The van der Waals surface area contributed by atoms with E-state index in [9.17, 15) is 15.3 Å². The van der Waals surface area contributed by atoms with Crippen LogP contribution in [0, 0.1) is 0 Å². The fraction of sp³-hybridized carbons (Fsp3) is 0.333. The average molecular weight is 198 g/mol. The Kier molecular flexibility index (Phi) is 3.29. The van der Waals surface area contributed by atoms with E-state index >= 15 is 0 Å². The molecule has 0 radical (unpaired) electrons. The van der Waals surface area contributed by atoms with Gasteiger partial charge in [-0.1, -0.05) is 6.07 Å². The Bertz CT molecular complexity index is 317. The minimum atomic E-state index is -1.11. The van der Waals surface area contributed by atoms with Crippen molar-refractivity contribution in [3.63, 3.8) is 0 Å². The summed E-state index contributed by atoms with van der Waals surface area (Å²) in [7, 11) is 0. The minimum absolute atomic E-state index is 0.0493. The van der Waals surface area contributed by atoms with E-state index in [2.05, 4.69) is 0 Å². The molecule has 5 heteroatoms. The van der Waals surface area contributed by atoms with Crippen molar-refractivity contribution in [3.05, 3.63) is 23.8 Å². The summed E-state index contributed by atoms with van der Waals surface area (Å²) in [6.07, 6.45) is -2.15. The molecular formula is C9H14N2O3. The molecule has 2 unspecified atom stereocenters. The normalized spacial score (nSPS) is 15.1. The van der Waals surface area contributed by atoms with E-state index in [4.69, 9.17) is 11.5 Å². The van der Waals surface area contributed by atoms with Crippen LogP contribution in [-0.4, -0.2) is 28.0 Å². The van der Waals surface area contributed by atoms with Gasteiger partial charge < -0.3 is 26.8 Å². The monoisotopic (exact) mass is 198 g/mol. The van der Waals surface area contributed by atoms with Crippen molar-refractivity contribution in [2.75, 3.05) is 12.3 Å². The first kappa shape index (κ1) is 10.8. The lowest BCUT2D eigenvalue weighted by Gasteiger charge is -2.16. The number of phenolic OH excluding ortho intramolecular Hbond substituents is 1. The highest BCUT2D eigenvalue weighted by atomic mass is 16.3. The molecule has 14 heavy (non-hydrogen) atoms. The Morgan fingerprint density at radius 3 is 2.43 bits per heavy atom. The third kappa shape index (κ3) is 2.14. The molecule has 0 heterocycles. The predicted octanol–water partition coefficient (Wildman–Crippen LogP) is -0.673. The summed E-state index contributed by atoms with van der Waals surface area (Å²) in [5.41, 5.74) is 11.2. The molecule has 0 saturated carbocycles. The lowest BCUT2D eigenvalue weighted by atomic mass is 10.0. The Morgan fingerprint density at radius 1 is 1.29 bits per heavy atom. The van der Waals surface area contributed by atoms with Gasteiger partial charge in [-0.3, -0.25) is 0 Å². The number of anilines is 1. The Morgan fingerprint density at radius 2 is 1.93 bits per heavy atom. The van der Waals surface area contributed by atoms with Crippen LogP contribution in [0.4, 0.5) is 5.69 Å². The molecule has 1 aromatic carbocycles. The quantitative estimate of drug-likeness (QED) is 0.326. The summed E-state index contributed by atoms with van der Waals surface area (Å²) in [5, 5.41) is 28.0. The van der Waals surface area contributed by atoms with Crippen molar-refractivity contribution in [2.45, 2.75) is 12.2 Å². The van der Waals surface area contributed by atoms with Crippen LogP contribution in [0.25, 0.3) is 0 Å². The number of rotatable bonds is 3. The Balaban J connectivity index is 2.91. The number of nitrogen functional groups attached to an aromatic ring is 1. The van der Waals surface area contributed by atoms with E-state index in [0.29, 0.717) is 5.56 Å². The van der Waals surface area contributed by atoms with Gasteiger partial charge in [0, 0.05) is 6.54 Å². The highest BCUT2D eigenvalue weighted by Crippen LogP contribution is 2.25. The lowest BCUT2D eigenvalue weighted by Crippen LogP contribution is -2.27. The molecule has 2 atom stereocenters. The molecule has 0 aliphatic rings. The summed E-state index contributed by atoms with van der Waals surface area (Å²) in [6, 6.07) is 4.29. The maximum atomic E-state index is 9.52. The number of aliphatic hydroxyl groups is 2. The second-order valence-electron chi connectivity index (χ2n) is 3.07. The number of aliphatic hydroxyl groups excluding tert-OH is 2. The van der Waals surface area contributed by atoms with E-state index in [1.807, 2.05) is 0 Å². The zero-order chi connectivity index (χ0) is 10.7. The summed E-state index contributed by atoms with van der Waals surface area (Å²) in [5.74, 6) is -0.120. The summed E-state index contributed by atoms with van der Waals surface area (Å²) >= 11 is 0. The third-order valence-corrected chi connectivity index (χ3v) is 2.00. The van der Waals surface area contributed by atoms with Gasteiger partial charge in [0.15, 0.2) is 0 Å². The van der Waals surface area contributed by atoms with Gasteiger partial charge in [-0.05, 0) is 17.7 Å². The number of aromatic hydroxyl groups is 1. The van der Waals surface area contributed by atoms with Crippen LogP contribution < -0.4 is 11.5 Å². The highest BCUT2D eigenvalue weighted by Gasteiger charge is 2.17.